The first kappa shape index (κ1) is 14.3. The van der Waals surface area contributed by atoms with Gasteiger partial charge < -0.3 is 15.7 Å². The van der Waals surface area contributed by atoms with Gasteiger partial charge in [0.2, 0.25) is 5.88 Å². The lowest BCUT2D eigenvalue weighted by molar-refractivity contribution is 0.318. The van der Waals surface area contributed by atoms with Gasteiger partial charge in [-0.1, -0.05) is 21.1 Å². The third kappa shape index (κ3) is 3.27. The van der Waals surface area contributed by atoms with Crippen molar-refractivity contribution in [3.05, 3.63) is 51.6 Å². The fourth-order valence-electron chi connectivity index (χ4n) is 1.74. The molecule has 1 heterocycles. The molecule has 20 heavy (non-hydrogen) atoms. The van der Waals surface area contributed by atoms with Gasteiger partial charge in [0.15, 0.2) is 5.84 Å². The van der Waals surface area contributed by atoms with Crippen molar-refractivity contribution in [2.24, 2.45) is 10.9 Å². The van der Waals surface area contributed by atoms with Gasteiger partial charge in [-0.05, 0) is 43.7 Å². The minimum Gasteiger partial charge on any atom is -0.439 e. The van der Waals surface area contributed by atoms with E-state index in [-0.39, 0.29) is 5.84 Å². The summed E-state index contributed by atoms with van der Waals surface area (Å²) in [6, 6.07) is 9.05. The van der Waals surface area contributed by atoms with Crippen LogP contribution in [-0.2, 0) is 0 Å². The zero-order valence-electron chi connectivity index (χ0n) is 11.1. The summed E-state index contributed by atoms with van der Waals surface area (Å²) >= 11 is 3.40. The van der Waals surface area contributed by atoms with Gasteiger partial charge in [-0.25, -0.2) is 4.98 Å². The molecule has 0 saturated heterocycles. The standard InChI is InChI=1S/C14H14BrN3O2/c1-8-5-11(15)3-4-12(8)20-13-7-10(14(16)18-19)6-9(2)17-13/h3-7,19H,1-2H3,(H2,16,18). The van der Waals surface area contributed by atoms with E-state index in [0.29, 0.717) is 17.2 Å². The second-order valence-electron chi connectivity index (χ2n) is 4.33. The molecule has 1 aromatic heterocycles. The number of oxime groups is 1. The van der Waals surface area contributed by atoms with Gasteiger partial charge in [-0.15, -0.1) is 0 Å². The van der Waals surface area contributed by atoms with Gasteiger partial charge in [0.1, 0.15) is 5.75 Å². The Balaban J connectivity index is 2.36. The summed E-state index contributed by atoms with van der Waals surface area (Å²) in [4.78, 5) is 4.28. The van der Waals surface area contributed by atoms with Crippen molar-refractivity contribution in [1.29, 1.82) is 0 Å². The lowest BCUT2D eigenvalue weighted by Gasteiger charge is -2.10. The van der Waals surface area contributed by atoms with Crippen molar-refractivity contribution in [1.82, 2.24) is 4.98 Å². The topological polar surface area (TPSA) is 80.7 Å². The Morgan fingerprint density at radius 1 is 1.30 bits per heavy atom. The van der Waals surface area contributed by atoms with Crippen LogP contribution in [0.4, 0.5) is 0 Å². The molecule has 0 fully saturated rings. The monoisotopic (exact) mass is 335 g/mol. The summed E-state index contributed by atoms with van der Waals surface area (Å²) in [5.74, 6) is 1.13. The van der Waals surface area contributed by atoms with E-state index in [1.54, 1.807) is 12.1 Å². The van der Waals surface area contributed by atoms with Crippen LogP contribution in [0.15, 0.2) is 40.0 Å². The number of benzene rings is 1. The number of nitrogens with zero attached hydrogens (tertiary/aromatic N) is 2. The second kappa shape index (κ2) is 5.92. The quantitative estimate of drug-likeness (QED) is 0.390. The smallest absolute Gasteiger partial charge is 0.220 e. The number of aromatic nitrogens is 1. The molecule has 0 aliphatic carbocycles. The zero-order valence-corrected chi connectivity index (χ0v) is 12.7. The lowest BCUT2D eigenvalue weighted by Crippen LogP contribution is -2.13. The number of hydrogen-bond acceptors (Lipinski definition) is 4. The number of aryl methyl sites for hydroxylation is 2. The van der Waals surface area contributed by atoms with Gasteiger partial charge in [0.05, 0.1) is 0 Å². The molecule has 3 N–H and O–H groups in total. The number of amidine groups is 1. The number of ether oxygens (including phenoxy) is 1. The predicted octanol–water partition coefficient (Wildman–Crippen LogP) is 3.35. The summed E-state index contributed by atoms with van der Waals surface area (Å²) in [7, 11) is 0. The van der Waals surface area contributed by atoms with Gasteiger partial charge in [-0.2, -0.15) is 0 Å². The Morgan fingerprint density at radius 3 is 2.70 bits per heavy atom. The Hall–Kier alpha value is -2.08. The molecule has 0 aliphatic rings. The molecule has 6 heteroatoms. The van der Waals surface area contributed by atoms with Crippen molar-refractivity contribution in [3.8, 4) is 11.6 Å². The Labute approximate surface area is 125 Å². The third-order valence-electron chi connectivity index (χ3n) is 2.68. The molecule has 0 bridgehead atoms. The maximum atomic E-state index is 8.73. The molecular formula is C14H14BrN3O2. The van der Waals surface area contributed by atoms with E-state index in [0.717, 1.165) is 15.7 Å². The molecular weight excluding hydrogens is 322 g/mol. The average Bonchev–Trinajstić information content (AvgIpc) is 2.40. The minimum absolute atomic E-state index is 0.0212. The number of nitrogens with two attached hydrogens (primary N) is 1. The molecule has 0 atom stereocenters. The van der Waals surface area contributed by atoms with Crippen LogP contribution in [0, 0.1) is 13.8 Å². The van der Waals surface area contributed by atoms with Crippen LogP contribution in [0.1, 0.15) is 16.8 Å². The highest BCUT2D eigenvalue weighted by atomic mass is 79.9. The lowest BCUT2D eigenvalue weighted by atomic mass is 10.2. The van der Waals surface area contributed by atoms with E-state index in [2.05, 4.69) is 26.1 Å². The van der Waals surface area contributed by atoms with Gasteiger partial charge in [-0.3, -0.25) is 0 Å². The van der Waals surface area contributed by atoms with Crippen molar-refractivity contribution in [2.75, 3.05) is 0 Å². The van der Waals surface area contributed by atoms with Gasteiger partial charge >= 0.3 is 0 Å². The van der Waals surface area contributed by atoms with Crippen LogP contribution in [0.3, 0.4) is 0 Å². The Kier molecular flexibility index (Phi) is 4.24. The summed E-state index contributed by atoms with van der Waals surface area (Å²) in [6.07, 6.45) is 0. The van der Waals surface area contributed by atoms with Crippen LogP contribution in [-0.4, -0.2) is 16.0 Å². The van der Waals surface area contributed by atoms with Crippen LogP contribution >= 0.6 is 15.9 Å². The normalized spacial score (nSPS) is 11.4. The minimum atomic E-state index is 0.0212. The van der Waals surface area contributed by atoms with Crippen LogP contribution in [0.25, 0.3) is 0 Å². The van der Waals surface area contributed by atoms with E-state index >= 15 is 0 Å². The number of hydrogen-bond donors (Lipinski definition) is 2. The van der Waals surface area contributed by atoms with Crippen LogP contribution in [0.5, 0.6) is 11.6 Å². The molecule has 5 nitrogen and oxygen atoms in total. The molecule has 0 saturated carbocycles. The van der Waals surface area contributed by atoms with Crippen molar-refractivity contribution in [3.63, 3.8) is 0 Å². The van der Waals surface area contributed by atoms with Crippen LogP contribution in [0.2, 0.25) is 0 Å². The molecule has 1 aromatic carbocycles. The van der Waals surface area contributed by atoms with E-state index in [9.17, 15) is 0 Å². The highest BCUT2D eigenvalue weighted by molar-refractivity contribution is 9.10. The van der Waals surface area contributed by atoms with E-state index in [4.69, 9.17) is 15.7 Å². The Bertz CT molecular complexity index is 671. The fourth-order valence-corrected chi connectivity index (χ4v) is 2.21. The van der Waals surface area contributed by atoms with Crippen LogP contribution < -0.4 is 10.5 Å². The number of rotatable bonds is 3. The molecule has 0 amide bonds. The number of halogens is 1. The largest absolute Gasteiger partial charge is 0.439 e. The molecule has 0 radical (unpaired) electrons. The maximum absolute atomic E-state index is 8.73. The molecule has 0 aliphatic heterocycles. The molecule has 2 aromatic rings. The van der Waals surface area contributed by atoms with Crippen molar-refractivity contribution >= 4 is 21.8 Å². The van der Waals surface area contributed by atoms with E-state index < -0.39 is 0 Å². The van der Waals surface area contributed by atoms with Crippen molar-refractivity contribution in [2.45, 2.75) is 13.8 Å². The summed E-state index contributed by atoms with van der Waals surface area (Å²) in [5, 5.41) is 11.7. The predicted molar refractivity (Wildman–Crippen MR) is 80.4 cm³/mol. The second-order valence-corrected chi connectivity index (χ2v) is 5.25. The summed E-state index contributed by atoms with van der Waals surface area (Å²) in [5.41, 5.74) is 7.85. The van der Waals surface area contributed by atoms with E-state index in [1.165, 1.54) is 0 Å². The summed E-state index contributed by atoms with van der Waals surface area (Å²) in [6.45, 7) is 3.76. The third-order valence-corrected chi connectivity index (χ3v) is 3.18. The highest BCUT2D eigenvalue weighted by Crippen LogP contribution is 2.27. The van der Waals surface area contributed by atoms with E-state index in [1.807, 2.05) is 32.0 Å². The first-order valence-corrected chi connectivity index (χ1v) is 6.69. The Morgan fingerprint density at radius 2 is 2.05 bits per heavy atom. The SMILES string of the molecule is Cc1cc(/C(N)=N/O)cc(Oc2ccc(Br)cc2C)n1. The average molecular weight is 336 g/mol. The summed E-state index contributed by atoms with van der Waals surface area (Å²) < 4.78 is 6.74. The molecule has 104 valence electrons. The van der Waals surface area contributed by atoms with Crippen molar-refractivity contribution < 1.29 is 9.94 Å². The molecule has 0 unspecified atom stereocenters. The highest BCUT2D eigenvalue weighted by Gasteiger charge is 2.08. The molecule has 0 spiro atoms. The number of pyridine rings is 1. The molecule has 2 rings (SSSR count). The first-order chi connectivity index (χ1) is 9.49. The zero-order chi connectivity index (χ0) is 14.7. The maximum Gasteiger partial charge on any atom is 0.220 e. The first-order valence-electron chi connectivity index (χ1n) is 5.90. The van der Waals surface area contributed by atoms with Gasteiger partial charge in [0, 0.05) is 21.8 Å². The van der Waals surface area contributed by atoms with Gasteiger partial charge in [0.25, 0.3) is 0 Å². The fraction of sp³-hybridized carbons (Fsp3) is 0.143.